The SMILES string of the molecule is CCCCCCCCCCCCCCCCCCCCCCCCC(=O)O[C@H](COC(=O)CCCCCCCCCCCCC(C)C)COP(=O)(O)OC[C@@H](O)COP(=O)(O)OC[C@@H](COC(=O)CCCCCCCCCC)OC(=O)CCCCCCCCCC. The molecule has 3 N–H and O–H groups in total. The number of hydrogen-bond donors (Lipinski definition) is 3. The number of aliphatic hydroxyl groups is 1. The van der Waals surface area contributed by atoms with Gasteiger partial charge in [0.25, 0.3) is 0 Å². The standard InChI is InChI=1S/C72H140O17P2/c1-6-9-12-15-18-21-22-23-24-25-26-27-28-29-30-31-32-33-38-43-48-53-58-72(77)89-68(62-83-70(75)56-51-46-42-37-35-34-36-39-44-49-54-65(4)5)64-87-91(80,81)85-60-66(73)59-84-90(78,79)86-63-67(88-71(76)57-52-47-41-20-17-14-11-8-3)61-82-69(74)55-50-45-40-19-16-13-10-7-2/h65-68,73H,6-64H2,1-5H3,(H,78,79)(H,80,81)/t66-,67+,68+/m0/s1. The van der Waals surface area contributed by atoms with E-state index in [1.807, 2.05) is 0 Å². The molecule has 0 aliphatic rings. The molecule has 0 aromatic carbocycles. The normalized spacial score (nSPS) is 14.0. The molecule has 0 saturated heterocycles. The van der Waals surface area contributed by atoms with Crippen LogP contribution < -0.4 is 0 Å². The summed E-state index contributed by atoms with van der Waals surface area (Å²) in [6.45, 7) is 7.19. The molecule has 0 saturated carbocycles. The van der Waals surface area contributed by atoms with Crippen LogP contribution in [0, 0.1) is 5.92 Å². The van der Waals surface area contributed by atoms with Crippen LogP contribution in [-0.2, 0) is 65.4 Å². The highest BCUT2D eigenvalue weighted by molar-refractivity contribution is 7.47. The molecule has 17 nitrogen and oxygen atoms in total. The molecule has 0 aromatic heterocycles. The van der Waals surface area contributed by atoms with Crippen molar-refractivity contribution in [1.29, 1.82) is 0 Å². The molecule has 0 radical (unpaired) electrons. The zero-order chi connectivity index (χ0) is 67.0. The van der Waals surface area contributed by atoms with Crippen molar-refractivity contribution in [2.24, 2.45) is 5.92 Å². The first-order chi connectivity index (χ1) is 44.0. The lowest BCUT2D eigenvalue weighted by atomic mass is 10.0. The van der Waals surface area contributed by atoms with Gasteiger partial charge < -0.3 is 33.8 Å². The smallest absolute Gasteiger partial charge is 0.462 e. The van der Waals surface area contributed by atoms with Crippen LogP contribution in [0.25, 0.3) is 0 Å². The lowest BCUT2D eigenvalue weighted by Gasteiger charge is -2.21. The third kappa shape index (κ3) is 66.5. The number of aliphatic hydroxyl groups excluding tert-OH is 1. The molecule has 19 heteroatoms. The molecule has 0 heterocycles. The van der Waals surface area contributed by atoms with Gasteiger partial charge in [-0.05, 0) is 31.6 Å². The van der Waals surface area contributed by atoms with Gasteiger partial charge in [-0.15, -0.1) is 0 Å². The van der Waals surface area contributed by atoms with Crippen molar-refractivity contribution in [3.8, 4) is 0 Å². The minimum absolute atomic E-state index is 0.105. The predicted octanol–water partition coefficient (Wildman–Crippen LogP) is 20.9. The number of phosphoric ester groups is 2. The van der Waals surface area contributed by atoms with Gasteiger partial charge in [-0.3, -0.25) is 37.3 Å². The molecule has 0 aliphatic heterocycles. The van der Waals surface area contributed by atoms with Crippen LogP contribution in [0.2, 0.25) is 0 Å². The zero-order valence-electron chi connectivity index (χ0n) is 59.0. The van der Waals surface area contributed by atoms with E-state index in [0.717, 1.165) is 109 Å². The number of esters is 4. The van der Waals surface area contributed by atoms with Crippen molar-refractivity contribution in [3.63, 3.8) is 0 Å². The Balaban J connectivity index is 5.11. The first-order valence-electron chi connectivity index (χ1n) is 37.6. The van der Waals surface area contributed by atoms with Crippen LogP contribution >= 0.6 is 15.6 Å². The highest BCUT2D eigenvalue weighted by Crippen LogP contribution is 2.45. The average Bonchev–Trinajstić information content (AvgIpc) is 3.27. The van der Waals surface area contributed by atoms with Gasteiger partial charge in [0.05, 0.1) is 26.4 Å². The maximum atomic E-state index is 13.0. The second-order valence-corrected chi connectivity index (χ2v) is 29.4. The van der Waals surface area contributed by atoms with Crippen molar-refractivity contribution in [2.45, 2.75) is 393 Å². The predicted molar refractivity (Wildman–Crippen MR) is 368 cm³/mol. The second-order valence-electron chi connectivity index (χ2n) is 26.5. The van der Waals surface area contributed by atoms with Crippen LogP contribution in [0.4, 0.5) is 0 Å². The van der Waals surface area contributed by atoms with E-state index in [-0.39, 0.29) is 25.7 Å². The van der Waals surface area contributed by atoms with E-state index in [2.05, 4.69) is 34.6 Å². The zero-order valence-corrected chi connectivity index (χ0v) is 60.8. The number of unbranched alkanes of at least 4 members (excludes halogenated alkanes) is 44. The maximum absolute atomic E-state index is 13.0. The molecular formula is C72H140O17P2. The quantitative estimate of drug-likeness (QED) is 0.0222. The maximum Gasteiger partial charge on any atom is 0.472 e. The molecule has 0 aromatic rings. The number of phosphoric acid groups is 2. The van der Waals surface area contributed by atoms with Crippen LogP contribution in [0.3, 0.4) is 0 Å². The van der Waals surface area contributed by atoms with Crippen LogP contribution in [0.5, 0.6) is 0 Å². The highest BCUT2D eigenvalue weighted by Gasteiger charge is 2.30. The fraction of sp³-hybridized carbons (Fsp3) is 0.944. The number of ether oxygens (including phenoxy) is 4. The molecule has 2 unspecified atom stereocenters. The van der Waals surface area contributed by atoms with Gasteiger partial charge in [0.15, 0.2) is 12.2 Å². The summed E-state index contributed by atoms with van der Waals surface area (Å²) in [5, 5.41) is 10.6. The Morgan fingerprint density at radius 2 is 0.505 bits per heavy atom. The van der Waals surface area contributed by atoms with E-state index >= 15 is 0 Å². The summed E-state index contributed by atoms with van der Waals surface area (Å²) in [6.07, 6.45) is 53.1. The van der Waals surface area contributed by atoms with E-state index in [1.165, 1.54) is 186 Å². The molecule has 91 heavy (non-hydrogen) atoms. The van der Waals surface area contributed by atoms with Gasteiger partial charge in [-0.1, -0.05) is 324 Å². The van der Waals surface area contributed by atoms with Crippen LogP contribution in [0.1, 0.15) is 375 Å². The van der Waals surface area contributed by atoms with E-state index in [1.54, 1.807) is 0 Å². The second kappa shape index (κ2) is 65.4. The lowest BCUT2D eigenvalue weighted by Crippen LogP contribution is -2.30. The Hall–Kier alpha value is -1.94. The van der Waals surface area contributed by atoms with Crippen molar-refractivity contribution in [3.05, 3.63) is 0 Å². The average molecular weight is 1340 g/mol. The summed E-state index contributed by atoms with van der Waals surface area (Å²) in [5.41, 5.74) is 0. The monoisotopic (exact) mass is 1340 g/mol. The Bertz CT molecular complexity index is 1750. The summed E-state index contributed by atoms with van der Waals surface area (Å²) in [5.74, 6) is -1.37. The van der Waals surface area contributed by atoms with E-state index in [4.69, 9.17) is 37.0 Å². The number of rotatable bonds is 72. The van der Waals surface area contributed by atoms with Gasteiger partial charge in [-0.25, -0.2) is 9.13 Å². The molecule has 0 aliphatic carbocycles. The van der Waals surface area contributed by atoms with Crippen LogP contribution in [0.15, 0.2) is 0 Å². The fourth-order valence-corrected chi connectivity index (χ4v) is 12.6. The minimum Gasteiger partial charge on any atom is -0.462 e. The summed E-state index contributed by atoms with van der Waals surface area (Å²) in [7, 11) is -9.89. The Labute approximate surface area is 556 Å². The van der Waals surface area contributed by atoms with Gasteiger partial charge in [-0.2, -0.15) is 0 Å². The highest BCUT2D eigenvalue weighted by atomic mass is 31.2. The largest absolute Gasteiger partial charge is 0.472 e. The third-order valence-electron chi connectivity index (χ3n) is 16.8. The van der Waals surface area contributed by atoms with Gasteiger partial charge in [0, 0.05) is 25.7 Å². The molecule has 0 rings (SSSR count). The van der Waals surface area contributed by atoms with Gasteiger partial charge in [0.1, 0.15) is 19.3 Å². The topological polar surface area (TPSA) is 237 Å². The molecule has 5 atom stereocenters. The van der Waals surface area contributed by atoms with Crippen LogP contribution in [-0.4, -0.2) is 96.7 Å². The molecule has 0 bridgehead atoms. The fourth-order valence-electron chi connectivity index (χ4n) is 11.0. The van der Waals surface area contributed by atoms with Crippen molar-refractivity contribution in [2.75, 3.05) is 39.6 Å². The van der Waals surface area contributed by atoms with E-state index in [0.29, 0.717) is 25.7 Å². The Kier molecular flexibility index (Phi) is 64.0. The Morgan fingerprint density at radius 3 is 0.747 bits per heavy atom. The summed E-state index contributed by atoms with van der Waals surface area (Å²) in [4.78, 5) is 72.4. The molecule has 0 fully saturated rings. The third-order valence-corrected chi connectivity index (χ3v) is 18.7. The first-order valence-corrected chi connectivity index (χ1v) is 40.6. The minimum atomic E-state index is -4.95. The molecule has 540 valence electrons. The van der Waals surface area contributed by atoms with E-state index in [9.17, 15) is 43.2 Å². The van der Waals surface area contributed by atoms with Crippen molar-refractivity contribution in [1.82, 2.24) is 0 Å². The van der Waals surface area contributed by atoms with Gasteiger partial charge in [0.2, 0.25) is 0 Å². The van der Waals surface area contributed by atoms with Gasteiger partial charge >= 0.3 is 39.5 Å². The first kappa shape index (κ1) is 89.1. The summed E-state index contributed by atoms with van der Waals surface area (Å²) in [6, 6.07) is 0. The molecule has 0 spiro atoms. The molecular weight excluding hydrogens is 1200 g/mol. The number of hydrogen-bond acceptors (Lipinski definition) is 15. The van der Waals surface area contributed by atoms with Crippen molar-refractivity contribution < 1.29 is 80.2 Å². The Morgan fingerprint density at radius 1 is 0.297 bits per heavy atom. The number of carbonyl (C=O) groups excluding carboxylic acids is 4. The van der Waals surface area contributed by atoms with E-state index < -0.39 is 97.5 Å². The molecule has 0 amide bonds. The van der Waals surface area contributed by atoms with Crippen molar-refractivity contribution >= 4 is 39.5 Å². The lowest BCUT2D eigenvalue weighted by molar-refractivity contribution is -0.161. The summed E-state index contributed by atoms with van der Waals surface area (Å²) < 4.78 is 68.2. The number of carbonyl (C=O) groups is 4. The summed E-state index contributed by atoms with van der Waals surface area (Å²) >= 11 is 0.